The molecular weight excluding hydrogens is 326 g/mol. The molecule has 2 aromatic carbocycles. The Bertz CT molecular complexity index is 807. The Morgan fingerprint density at radius 1 is 0.885 bits per heavy atom. The van der Waals surface area contributed by atoms with Crippen molar-refractivity contribution in [1.29, 1.82) is 0 Å². The average Bonchev–Trinajstić information content (AvgIpc) is 2.65. The van der Waals surface area contributed by atoms with Crippen molar-refractivity contribution in [3.05, 3.63) is 64.7 Å². The summed E-state index contributed by atoms with van der Waals surface area (Å²) in [5.74, 6) is -0.142. The molecule has 5 nitrogen and oxygen atoms in total. The molecule has 1 aliphatic rings. The number of nitrogens with one attached hydrogen (secondary N) is 1. The van der Waals surface area contributed by atoms with Gasteiger partial charge in [-0.05, 0) is 62.4 Å². The number of aryl methyl sites for hydroxylation is 2. The number of likely N-dealkylation sites (N-methyl/N-ethyl adjacent to an activating group) is 1. The van der Waals surface area contributed by atoms with Crippen molar-refractivity contribution in [2.24, 2.45) is 0 Å². The first-order chi connectivity index (χ1) is 12.4. The van der Waals surface area contributed by atoms with E-state index in [1.165, 1.54) is 0 Å². The number of carbonyl (C=O) groups excluding carboxylic acids is 2. The van der Waals surface area contributed by atoms with E-state index in [0.29, 0.717) is 11.1 Å². The Morgan fingerprint density at radius 3 is 2.15 bits per heavy atom. The third-order valence-corrected chi connectivity index (χ3v) is 4.83. The van der Waals surface area contributed by atoms with Gasteiger partial charge >= 0.3 is 0 Å². The second kappa shape index (κ2) is 7.70. The van der Waals surface area contributed by atoms with Crippen LogP contribution >= 0.6 is 0 Å². The highest BCUT2D eigenvalue weighted by Gasteiger charge is 2.20. The van der Waals surface area contributed by atoms with Crippen molar-refractivity contribution < 1.29 is 9.59 Å². The van der Waals surface area contributed by atoms with Gasteiger partial charge in [0.05, 0.1) is 0 Å². The zero-order chi connectivity index (χ0) is 18.7. The number of hydrogen-bond donors (Lipinski definition) is 1. The molecule has 136 valence electrons. The summed E-state index contributed by atoms with van der Waals surface area (Å²) in [6.07, 6.45) is 0. The van der Waals surface area contributed by atoms with Gasteiger partial charge in [0.1, 0.15) is 0 Å². The molecule has 1 N–H and O–H groups in total. The van der Waals surface area contributed by atoms with Crippen molar-refractivity contribution in [2.45, 2.75) is 13.8 Å². The predicted molar refractivity (Wildman–Crippen MR) is 104 cm³/mol. The first-order valence-corrected chi connectivity index (χ1v) is 8.90. The molecule has 3 rings (SSSR count). The third-order valence-electron chi connectivity index (χ3n) is 4.83. The van der Waals surface area contributed by atoms with Crippen molar-refractivity contribution in [2.75, 3.05) is 38.5 Å². The summed E-state index contributed by atoms with van der Waals surface area (Å²) < 4.78 is 0. The number of rotatable bonds is 3. The summed E-state index contributed by atoms with van der Waals surface area (Å²) in [4.78, 5) is 29.1. The minimum absolute atomic E-state index is 0.0274. The van der Waals surface area contributed by atoms with E-state index in [1.54, 1.807) is 24.3 Å². The van der Waals surface area contributed by atoms with E-state index in [2.05, 4.69) is 17.3 Å². The Labute approximate surface area is 154 Å². The summed E-state index contributed by atoms with van der Waals surface area (Å²) in [7, 11) is 2.06. The van der Waals surface area contributed by atoms with Gasteiger partial charge in [-0.2, -0.15) is 0 Å². The van der Waals surface area contributed by atoms with Gasteiger partial charge in [-0.25, -0.2) is 0 Å². The normalized spacial score (nSPS) is 15.0. The van der Waals surface area contributed by atoms with Gasteiger partial charge in [0.25, 0.3) is 11.8 Å². The third kappa shape index (κ3) is 4.11. The van der Waals surface area contributed by atoms with Crippen molar-refractivity contribution in [3.63, 3.8) is 0 Å². The van der Waals surface area contributed by atoms with E-state index in [0.717, 1.165) is 43.0 Å². The van der Waals surface area contributed by atoms with Crippen LogP contribution in [-0.4, -0.2) is 54.8 Å². The average molecular weight is 351 g/mol. The minimum atomic E-state index is -0.169. The molecule has 5 heteroatoms. The van der Waals surface area contributed by atoms with E-state index >= 15 is 0 Å². The van der Waals surface area contributed by atoms with Crippen LogP contribution in [0.15, 0.2) is 42.5 Å². The van der Waals surface area contributed by atoms with Gasteiger partial charge in [0.15, 0.2) is 0 Å². The first kappa shape index (κ1) is 18.1. The molecule has 0 spiro atoms. The highest BCUT2D eigenvalue weighted by molar-refractivity contribution is 6.05. The smallest absolute Gasteiger partial charge is 0.255 e. The van der Waals surface area contributed by atoms with Gasteiger partial charge in [-0.15, -0.1) is 0 Å². The van der Waals surface area contributed by atoms with E-state index in [9.17, 15) is 9.59 Å². The molecule has 1 aliphatic heterocycles. The molecule has 26 heavy (non-hydrogen) atoms. The Kier molecular flexibility index (Phi) is 5.38. The molecule has 1 fully saturated rings. The second-order valence-electron chi connectivity index (χ2n) is 6.95. The number of piperazine rings is 1. The maximum absolute atomic E-state index is 12.6. The lowest BCUT2D eigenvalue weighted by Gasteiger charge is -2.32. The molecule has 0 radical (unpaired) electrons. The SMILES string of the molecule is Cc1ccc(C)c(NC(=O)c2ccc(C(=O)N3CCN(C)CC3)cc2)c1. The van der Waals surface area contributed by atoms with Crippen molar-refractivity contribution in [1.82, 2.24) is 9.80 Å². The maximum Gasteiger partial charge on any atom is 0.255 e. The molecule has 1 heterocycles. The second-order valence-corrected chi connectivity index (χ2v) is 6.95. The summed E-state index contributed by atoms with van der Waals surface area (Å²) in [6.45, 7) is 7.22. The summed E-state index contributed by atoms with van der Waals surface area (Å²) in [6, 6.07) is 12.9. The van der Waals surface area contributed by atoms with Crippen molar-refractivity contribution >= 4 is 17.5 Å². The quantitative estimate of drug-likeness (QED) is 0.925. The molecule has 0 atom stereocenters. The number of amides is 2. The fourth-order valence-electron chi connectivity index (χ4n) is 3.02. The van der Waals surface area contributed by atoms with Crippen LogP contribution in [0.4, 0.5) is 5.69 Å². The molecule has 0 bridgehead atoms. The standard InChI is InChI=1S/C21H25N3O2/c1-15-4-5-16(2)19(14-15)22-20(25)17-6-8-18(9-7-17)21(26)24-12-10-23(3)11-13-24/h4-9,14H,10-13H2,1-3H3,(H,22,25). The molecule has 2 amide bonds. The zero-order valence-corrected chi connectivity index (χ0v) is 15.6. The molecule has 1 saturated heterocycles. The van der Waals surface area contributed by atoms with E-state index in [1.807, 2.05) is 36.9 Å². The van der Waals surface area contributed by atoms with Crippen LogP contribution in [0.3, 0.4) is 0 Å². The fraction of sp³-hybridized carbons (Fsp3) is 0.333. The lowest BCUT2D eigenvalue weighted by Crippen LogP contribution is -2.47. The van der Waals surface area contributed by atoms with Crippen LogP contribution in [0.5, 0.6) is 0 Å². The minimum Gasteiger partial charge on any atom is -0.336 e. The molecule has 0 unspecified atom stereocenters. The molecule has 0 saturated carbocycles. The largest absolute Gasteiger partial charge is 0.336 e. The van der Waals surface area contributed by atoms with E-state index in [4.69, 9.17) is 0 Å². The summed E-state index contributed by atoms with van der Waals surface area (Å²) in [5.41, 5.74) is 4.09. The number of benzene rings is 2. The Morgan fingerprint density at radius 2 is 1.50 bits per heavy atom. The molecular formula is C21H25N3O2. The van der Waals surface area contributed by atoms with Gasteiger partial charge in [-0.3, -0.25) is 9.59 Å². The number of nitrogens with zero attached hydrogens (tertiary/aromatic N) is 2. The number of carbonyl (C=O) groups is 2. The lowest BCUT2D eigenvalue weighted by atomic mass is 10.1. The van der Waals surface area contributed by atoms with Crippen LogP contribution in [0.1, 0.15) is 31.8 Å². The zero-order valence-electron chi connectivity index (χ0n) is 15.6. The monoisotopic (exact) mass is 351 g/mol. The van der Waals surface area contributed by atoms with Crippen LogP contribution in [0.25, 0.3) is 0 Å². The van der Waals surface area contributed by atoms with E-state index in [-0.39, 0.29) is 11.8 Å². The Balaban J connectivity index is 1.68. The predicted octanol–water partition coefficient (Wildman–Crippen LogP) is 2.94. The Hall–Kier alpha value is -2.66. The summed E-state index contributed by atoms with van der Waals surface area (Å²) in [5, 5.41) is 2.94. The number of anilines is 1. The van der Waals surface area contributed by atoms with Crippen LogP contribution < -0.4 is 5.32 Å². The fourth-order valence-corrected chi connectivity index (χ4v) is 3.02. The van der Waals surface area contributed by atoms with Crippen LogP contribution in [-0.2, 0) is 0 Å². The molecule has 0 aliphatic carbocycles. The highest BCUT2D eigenvalue weighted by Crippen LogP contribution is 2.18. The van der Waals surface area contributed by atoms with Gasteiger partial charge < -0.3 is 15.1 Å². The highest BCUT2D eigenvalue weighted by atomic mass is 16.2. The maximum atomic E-state index is 12.6. The molecule has 2 aromatic rings. The number of hydrogen-bond acceptors (Lipinski definition) is 3. The molecule has 0 aromatic heterocycles. The lowest BCUT2D eigenvalue weighted by molar-refractivity contribution is 0.0664. The van der Waals surface area contributed by atoms with Crippen LogP contribution in [0, 0.1) is 13.8 Å². The van der Waals surface area contributed by atoms with Gasteiger partial charge in [-0.1, -0.05) is 12.1 Å². The first-order valence-electron chi connectivity index (χ1n) is 8.90. The van der Waals surface area contributed by atoms with Crippen LogP contribution in [0.2, 0.25) is 0 Å². The topological polar surface area (TPSA) is 52.7 Å². The van der Waals surface area contributed by atoms with Crippen molar-refractivity contribution in [3.8, 4) is 0 Å². The van der Waals surface area contributed by atoms with E-state index < -0.39 is 0 Å². The van der Waals surface area contributed by atoms with Gasteiger partial charge in [0.2, 0.25) is 0 Å². The summed E-state index contributed by atoms with van der Waals surface area (Å²) >= 11 is 0. The van der Waals surface area contributed by atoms with Gasteiger partial charge in [0, 0.05) is 43.0 Å².